The van der Waals surface area contributed by atoms with E-state index in [9.17, 15) is 9.59 Å². The first-order chi connectivity index (χ1) is 12.1. The number of methoxy groups -OCH3 is 1. The van der Waals surface area contributed by atoms with Crippen molar-refractivity contribution in [1.29, 1.82) is 0 Å². The molecule has 1 unspecified atom stereocenters. The molecule has 0 bridgehead atoms. The van der Waals surface area contributed by atoms with Crippen LogP contribution >= 0.6 is 11.6 Å². The zero-order chi connectivity index (χ0) is 17.8. The molecule has 1 aromatic carbocycles. The lowest BCUT2D eigenvalue weighted by atomic mass is 10.1. The van der Waals surface area contributed by atoms with Gasteiger partial charge in [-0.05, 0) is 29.8 Å². The lowest BCUT2D eigenvalue weighted by Gasteiger charge is -2.15. The molecule has 1 amide bonds. The van der Waals surface area contributed by atoms with Crippen LogP contribution < -0.4 is 5.32 Å². The molecule has 0 saturated carbocycles. The van der Waals surface area contributed by atoms with Crippen LogP contribution in [-0.2, 0) is 20.7 Å². The van der Waals surface area contributed by atoms with Crippen LogP contribution in [0.2, 0.25) is 5.02 Å². The molecule has 6 nitrogen and oxygen atoms in total. The Labute approximate surface area is 149 Å². The number of esters is 1. The highest BCUT2D eigenvalue weighted by atomic mass is 35.5. The molecule has 2 aromatic heterocycles. The van der Waals surface area contributed by atoms with E-state index < -0.39 is 12.0 Å². The second-order valence-corrected chi connectivity index (χ2v) is 5.90. The van der Waals surface area contributed by atoms with E-state index in [0.29, 0.717) is 10.7 Å². The summed E-state index contributed by atoms with van der Waals surface area (Å²) in [6.45, 7) is 0. The predicted molar refractivity (Wildman–Crippen MR) is 94.1 cm³/mol. The molecule has 2 heterocycles. The number of rotatable bonds is 5. The summed E-state index contributed by atoms with van der Waals surface area (Å²) in [4.78, 5) is 31.6. The van der Waals surface area contributed by atoms with Crippen LogP contribution in [0.15, 0.2) is 48.8 Å². The number of carbonyl (C=O) groups excluding carboxylic acids is 2. The average molecular weight is 358 g/mol. The molecule has 1 atom stereocenters. The normalized spacial score (nSPS) is 11.9. The predicted octanol–water partition coefficient (Wildman–Crippen LogP) is 2.79. The molecule has 0 fully saturated rings. The number of fused-ring (bicyclic) bond motifs is 1. The highest BCUT2D eigenvalue weighted by Gasteiger charge is 2.25. The fourth-order valence-corrected chi connectivity index (χ4v) is 2.78. The van der Waals surface area contributed by atoms with Gasteiger partial charge in [-0.1, -0.05) is 23.7 Å². The largest absolute Gasteiger partial charge is 0.467 e. The Bertz CT molecular complexity index is 908. The van der Waals surface area contributed by atoms with Crippen molar-refractivity contribution in [3.8, 4) is 0 Å². The molecule has 25 heavy (non-hydrogen) atoms. The zero-order valence-corrected chi connectivity index (χ0v) is 14.2. The fraction of sp³-hybridized carbons (Fsp3) is 0.167. The number of nitrogens with zero attached hydrogens (tertiary/aromatic N) is 1. The quantitative estimate of drug-likeness (QED) is 0.688. The maximum atomic E-state index is 12.4. The standard InChI is InChI=1S/C18H16ClN3O3/c1-25-18(24)17(14-4-2-3-7-20-14)22-16(23)8-11-10-21-15-9-12(19)5-6-13(11)15/h2-7,9-10,17,21H,8H2,1H3,(H,22,23). The summed E-state index contributed by atoms with van der Waals surface area (Å²) in [5, 5.41) is 4.21. The van der Waals surface area contributed by atoms with Gasteiger partial charge in [0.15, 0.2) is 6.04 Å². The molecular weight excluding hydrogens is 342 g/mol. The number of halogens is 1. The third kappa shape index (κ3) is 3.80. The van der Waals surface area contributed by atoms with Gasteiger partial charge >= 0.3 is 5.97 Å². The molecule has 128 valence electrons. The number of nitrogens with one attached hydrogen (secondary N) is 2. The number of hydrogen-bond acceptors (Lipinski definition) is 4. The lowest BCUT2D eigenvalue weighted by molar-refractivity contribution is -0.145. The summed E-state index contributed by atoms with van der Waals surface area (Å²) in [6, 6.07) is 9.61. The van der Waals surface area contributed by atoms with E-state index in [1.807, 2.05) is 6.07 Å². The van der Waals surface area contributed by atoms with E-state index in [0.717, 1.165) is 16.5 Å². The van der Waals surface area contributed by atoms with Gasteiger partial charge in [0.1, 0.15) is 0 Å². The maximum Gasteiger partial charge on any atom is 0.334 e. The molecule has 3 rings (SSSR count). The molecule has 3 aromatic rings. The minimum absolute atomic E-state index is 0.113. The van der Waals surface area contributed by atoms with E-state index in [4.69, 9.17) is 16.3 Å². The Hall–Kier alpha value is -2.86. The highest BCUT2D eigenvalue weighted by Crippen LogP contribution is 2.22. The SMILES string of the molecule is COC(=O)C(NC(=O)Cc1c[nH]c2cc(Cl)ccc12)c1ccccn1. The van der Waals surface area contributed by atoms with E-state index in [1.54, 1.807) is 42.7 Å². The van der Waals surface area contributed by atoms with Gasteiger partial charge in [-0.15, -0.1) is 0 Å². The van der Waals surface area contributed by atoms with Crippen molar-refractivity contribution in [2.75, 3.05) is 7.11 Å². The number of amides is 1. The van der Waals surface area contributed by atoms with Gasteiger partial charge in [0.2, 0.25) is 5.91 Å². The summed E-state index contributed by atoms with van der Waals surface area (Å²) in [6.07, 6.45) is 3.43. The second kappa shape index (κ2) is 7.36. The van der Waals surface area contributed by atoms with Crippen LogP contribution in [0.1, 0.15) is 17.3 Å². The number of benzene rings is 1. The first-order valence-corrected chi connectivity index (χ1v) is 8.00. The summed E-state index contributed by atoms with van der Waals surface area (Å²) in [5.41, 5.74) is 2.09. The summed E-state index contributed by atoms with van der Waals surface area (Å²) in [7, 11) is 1.27. The molecule has 0 saturated heterocycles. The van der Waals surface area contributed by atoms with Crippen LogP contribution in [0.4, 0.5) is 0 Å². The highest BCUT2D eigenvalue weighted by molar-refractivity contribution is 6.31. The van der Waals surface area contributed by atoms with E-state index in [2.05, 4.69) is 15.3 Å². The summed E-state index contributed by atoms with van der Waals surface area (Å²) in [5.74, 6) is -0.880. The number of ether oxygens (including phenoxy) is 1. The molecule has 7 heteroatoms. The zero-order valence-electron chi connectivity index (χ0n) is 13.5. The maximum absolute atomic E-state index is 12.4. The smallest absolute Gasteiger partial charge is 0.334 e. The number of H-pyrrole nitrogens is 1. The van der Waals surface area contributed by atoms with E-state index in [-0.39, 0.29) is 12.3 Å². The molecular formula is C18H16ClN3O3. The van der Waals surface area contributed by atoms with Gasteiger partial charge in [0.25, 0.3) is 0 Å². The number of aromatic amines is 1. The van der Waals surface area contributed by atoms with Crippen LogP contribution in [0.3, 0.4) is 0 Å². The molecule has 0 radical (unpaired) electrons. The van der Waals surface area contributed by atoms with Crippen LogP contribution in [-0.4, -0.2) is 29.0 Å². The van der Waals surface area contributed by atoms with Crippen molar-refractivity contribution < 1.29 is 14.3 Å². The van der Waals surface area contributed by atoms with Gasteiger partial charge in [-0.25, -0.2) is 4.79 Å². The Morgan fingerprint density at radius 1 is 1.32 bits per heavy atom. The van der Waals surface area contributed by atoms with Crippen LogP contribution in [0, 0.1) is 0 Å². The minimum Gasteiger partial charge on any atom is -0.467 e. The van der Waals surface area contributed by atoms with Gasteiger partial charge in [-0.3, -0.25) is 9.78 Å². The Balaban J connectivity index is 1.78. The van der Waals surface area contributed by atoms with E-state index >= 15 is 0 Å². The summed E-state index contributed by atoms with van der Waals surface area (Å²) >= 11 is 5.96. The molecule has 0 spiro atoms. The second-order valence-electron chi connectivity index (χ2n) is 5.46. The third-order valence-corrected chi connectivity index (χ3v) is 4.04. The topological polar surface area (TPSA) is 84.1 Å². The van der Waals surface area contributed by atoms with Crippen molar-refractivity contribution in [2.24, 2.45) is 0 Å². The van der Waals surface area contributed by atoms with Gasteiger partial charge in [0.05, 0.1) is 19.2 Å². The first-order valence-electron chi connectivity index (χ1n) is 7.62. The van der Waals surface area contributed by atoms with Gasteiger partial charge < -0.3 is 15.0 Å². The van der Waals surface area contributed by atoms with Crippen molar-refractivity contribution >= 4 is 34.4 Å². The monoisotopic (exact) mass is 357 g/mol. The number of pyridine rings is 1. The number of aromatic nitrogens is 2. The van der Waals surface area contributed by atoms with Crippen molar-refractivity contribution in [2.45, 2.75) is 12.5 Å². The van der Waals surface area contributed by atoms with Crippen LogP contribution in [0.5, 0.6) is 0 Å². The van der Waals surface area contributed by atoms with Crippen molar-refractivity contribution in [1.82, 2.24) is 15.3 Å². The fourth-order valence-electron chi connectivity index (χ4n) is 2.61. The summed E-state index contributed by atoms with van der Waals surface area (Å²) < 4.78 is 4.77. The molecule has 0 aliphatic carbocycles. The first kappa shape index (κ1) is 17.0. The molecule has 0 aliphatic heterocycles. The van der Waals surface area contributed by atoms with Gasteiger partial charge in [-0.2, -0.15) is 0 Å². The Kier molecular flexibility index (Phi) is 5.00. The Morgan fingerprint density at radius 3 is 2.88 bits per heavy atom. The Morgan fingerprint density at radius 2 is 2.16 bits per heavy atom. The third-order valence-electron chi connectivity index (χ3n) is 3.81. The number of carbonyl (C=O) groups is 2. The average Bonchev–Trinajstić information content (AvgIpc) is 3.01. The lowest BCUT2D eigenvalue weighted by Crippen LogP contribution is -2.35. The van der Waals surface area contributed by atoms with Crippen LogP contribution in [0.25, 0.3) is 10.9 Å². The van der Waals surface area contributed by atoms with E-state index in [1.165, 1.54) is 7.11 Å². The number of hydrogen-bond donors (Lipinski definition) is 2. The molecule has 0 aliphatic rings. The van der Waals surface area contributed by atoms with Crippen molar-refractivity contribution in [3.05, 3.63) is 65.1 Å². The minimum atomic E-state index is -0.946. The van der Waals surface area contributed by atoms with Crippen molar-refractivity contribution in [3.63, 3.8) is 0 Å². The van der Waals surface area contributed by atoms with Gasteiger partial charge in [0, 0.05) is 28.3 Å². The molecule has 2 N–H and O–H groups in total.